The van der Waals surface area contributed by atoms with E-state index in [2.05, 4.69) is 6.92 Å². The van der Waals surface area contributed by atoms with Crippen LogP contribution in [0.15, 0.2) is 30.3 Å². The van der Waals surface area contributed by atoms with Crippen LogP contribution >= 0.6 is 0 Å². The maximum absolute atomic E-state index is 11.8. The van der Waals surface area contributed by atoms with Gasteiger partial charge >= 0.3 is 0 Å². The Labute approximate surface area is 91.3 Å². The Morgan fingerprint density at radius 2 is 2.00 bits per heavy atom. The first kappa shape index (κ1) is 11.9. The Hall–Kier alpha value is -1.15. The number of Topliss-reactive ketones (excluding diaryl/α,β-unsaturated/α-hetero) is 1. The highest BCUT2D eigenvalue weighted by Gasteiger charge is 2.14. The maximum Gasteiger partial charge on any atom is 0.191 e. The standard InChI is InChI=1S/C13H18O2/c1-3-4-10-15-11(2)13(14)12-8-6-5-7-9-12/h5-9,11H,3-4,10H2,1-2H3. The summed E-state index contributed by atoms with van der Waals surface area (Å²) in [5.74, 6) is 0.0618. The minimum atomic E-state index is -0.334. The van der Waals surface area contributed by atoms with Gasteiger partial charge in [0.15, 0.2) is 5.78 Å². The van der Waals surface area contributed by atoms with Crippen molar-refractivity contribution in [3.63, 3.8) is 0 Å². The first-order chi connectivity index (χ1) is 7.25. The van der Waals surface area contributed by atoms with Crippen LogP contribution in [0.3, 0.4) is 0 Å². The molecule has 0 saturated carbocycles. The molecule has 1 atom stereocenters. The maximum atomic E-state index is 11.8. The molecular formula is C13H18O2. The van der Waals surface area contributed by atoms with Crippen LogP contribution in [0.2, 0.25) is 0 Å². The first-order valence-corrected chi connectivity index (χ1v) is 5.46. The van der Waals surface area contributed by atoms with Crippen molar-refractivity contribution in [1.29, 1.82) is 0 Å². The van der Waals surface area contributed by atoms with Gasteiger partial charge in [-0.25, -0.2) is 0 Å². The topological polar surface area (TPSA) is 26.3 Å². The number of hydrogen-bond acceptors (Lipinski definition) is 2. The van der Waals surface area contributed by atoms with Crippen LogP contribution in [0, 0.1) is 0 Å². The second-order valence-corrected chi connectivity index (χ2v) is 3.60. The van der Waals surface area contributed by atoms with E-state index in [-0.39, 0.29) is 11.9 Å². The average molecular weight is 206 g/mol. The van der Waals surface area contributed by atoms with E-state index in [4.69, 9.17) is 4.74 Å². The molecule has 0 N–H and O–H groups in total. The summed E-state index contributed by atoms with van der Waals surface area (Å²) in [5.41, 5.74) is 0.724. The van der Waals surface area contributed by atoms with Crippen molar-refractivity contribution in [1.82, 2.24) is 0 Å². The second kappa shape index (κ2) is 6.36. The van der Waals surface area contributed by atoms with E-state index in [0.717, 1.165) is 18.4 Å². The summed E-state index contributed by atoms with van der Waals surface area (Å²) in [5, 5.41) is 0. The molecule has 82 valence electrons. The third-order valence-electron chi connectivity index (χ3n) is 2.29. The Balaban J connectivity index is 2.46. The molecule has 1 aromatic rings. The highest BCUT2D eigenvalue weighted by Crippen LogP contribution is 2.06. The highest BCUT2D eigenvalue weighted by molar-refractivity contribution is 5.99. The Morgan fingerprint density at radius 3 is 2.60 bits per heavy atom. The monoisotopic (exact) mass is 206 g/mol. The van der Waals surface area contributed by atoms with Gasteiger partial charge in [-0.05, 0) is 13.3 Å². The predicted octanol–water partition coefficient (Wildman–Crippen LogP) is 3.07. The number of unbranched alkanes of at least 4 members (excludes halogenated alkanes) is 1. The number of ketones is 1. The first-order valence-electron chi connectivity index (χ1n) is 5.46. The molecular weight excluding hydrogens is 188 g/mol. The van der Waals surface area contributed by atoms with E-state index in [1.807, 2.05) is 37.3 Å². The lowest BCUT2D eigenvalue weighted by Gasteiger charge is -2.11. The summed E-state index contributed by atoms with van der Waals surface area (Å²) in [4.78, 5) is 11.8. The van der Waals surface area contributed by atoms with Crippen molar-refractivity contribution in [2.75, 3.05) is 6.61 Å². The van der Waals surface area contributed by atoms with Crippen LogP contribution in [0.4, 0.5) is 0 Å². The largest absolute Gasteiger partial charge is 0.370 e. The van der Waals surface area contributed by atoms with Crippen molar-refractivity contribution >= 4 is 5.78 Å². The minimum Gasteiger partial charge on any atom is -0.370 e. The normalized spacial score (nSPS) is 12.4. The van der Waals surface area contributed by atoms with Crippen LogP contribution in [0.5, 0.6) is 0 Å². The summed E-state index contributed by atoms with van der Waals surface area (Å²) < 4.78 is 5.45. The summed E-state index contributed by atoms with van der Waals surface area (Å²) in [6, 6.07) is 9.28. The zero-order valence-electron chi connectivity index (χ0n) is 9.40. The van der Waals surface area contributed by atoms with E-state index in [9.17, 15) is 4.79 Å². The van der Waals surface area contributed by atoms with Crippen LogP contribution in [-0.2, 0) is 4.74 Å². The molecule has 0 saturated heterocycles. The zero-order chi connectivity index (χ0) is 11.1. The molecule has 0 bridgehead atoms. The van der Waals surface area contributed by atoms with Gasteiger partial charge in [0, 0.05) is 12.2 Å². The number of ether oxygens (including phenoxy) is 1. The Bertz CT molecular complexity index is 293. The van der Waals surface area contributed by atoms with E-state index < -0.39 is 0 Å². The number of carbonyl (C=O) groups excluding carboxylic acids is 1. The van der Waals surface area contributed by atoms with Gasteiger partial charge in [0.05, 0.1) is 0 Å². The summed E-state index contributed by atoms with van der Waals surface area (Å²) in [7, 11) is 0. The molecule has 0 spiro atoms. The van der Waals surface area contributed by atoms with Crippen LogP contribution in [-0.4, -0.2) is 18.5 Å². The SMILES string of the molecule is CCCCOC(C)C(=O)c1ccccc1. The van der Waals surface area contributed by atoms with E-state index in [0.29, 0.717) is 6.61 Å². The fourth-order valence-electron chi connectivity index (χ4n) is 1.32. The molecule has 2 nitrogen and oxygen atoms in total. The smallest absolute Gasteiger partial charge is 0.191 e. The summed E-state index contributed by atoms with van der Waals surface area (Å²) in [6.07, 6.45) is 1.76. The average Bonchev–Trinajstić information content (AvgIpc) is 2.29. The van der Waals surface area contributed by atoms with Crippen molar-refractivity contribution < 1.29 is 9.53 Å². The molecule has 2 heteroatoms. The Kier molecular flexibility index (Phi) is 5.05. The molecule has 0 aliphatic carbocycles. The molecule has 1 unspecified atom stereocenters. The lowest BCUT2D eigenvalue weighted by molar-refractivity contribution is 0.0468. The zero-order valence-corrected chi connectivity index (χ0v) is 9.40. The van der Waals surface area contributed by atoms with E-state index >= 15 is 0 Å². The van der Waals surface area contributed by atoms with Crippen LogP contribution < -0.4 is 0 Å². The van der Waals surface area contributed by atoms with E-state index in [1.54, 1.807) is 0 Å². The summed E-state index contributed by atoms with van der Waals surface area (Å²) in [6.45, 7) is 4.58. The van der Waals surface area contributed by atoms with Crippen LogP contribution in [0.1, 0.15) is 37.0 Å². The minimum absolute atomic E-state index is 0.0618. The molecule has 0 aliphatic heterocycles. The molecule has 1 rings (SSSR count). The summed E-state index contributed by atoms with van der Waals surface area (Å²) >= 11 is 0. The molecule has 15 heavy (non-hydrogen) atoms. The molecule has 0 fully saturated rings. The van der Waals surface area contributed by atoms with Crippen molar-refractivity contribution in [2.24, 2.45) is 0 Å². The van der Waals surface area contributed by atoms with Gasteiger partial charge in [-0.2, -0.15) is 0 Å². The van der Waals surface area contributed by atoms with Crippen molar-refractivity contribution in [3.05, 3.63) is 35.9 Å². The van der Waals surface area contributed by atoms with Gasteiger partial charge in [-0.3, -0.25) is 4.79 Å². The predicted molar refractivity (Wildman–Crippen MR) is 61.1 cm³/mol. The number of carbonyl (C=O) groups is 1. The van der Waals surface area contributed by atoms with Crippen LogP contribution in [0.25, 0.3) is 0 Å². The third kappa shape index (κ3) is 3.84. The van der Waals surface area contributed by atoms with Gasteiger partial charge in [0.25, 0.3) is 0 Å². The quantitative estimate of drug-likeness (QED) is 0.528. The Morgan fingerprint density at radius 1 is 1.33 bits per heavy atom. The molecule has 0 amide bonds. The van der Waals surface area contributed by atoms with Crippen molar-refractivity contribution in [2.45, 2.75) is 32.8 Å². The molecule has 0 aliphatic rings. The third-order valence-corrected chi connectivity index (χ3v) is 2.29. The molecule has 1 aromatic carbocycles. The fraction of sp³-hybridized carbons (Fsp3) is 0.462. The molecule has 0 radical (unpaired) electrons. The second-order valence-electron chi connectivity index (χ2n) is 3.60. The van der Waals surface area contributed by atoms with Gasteiger partial charge in [-0.1, -0.05) is 43.7 Å². The van der Waals surface area contributed by atoms with Gasteiger partial charge < -0.3 is 4.74 Å². The van der Waals surface area contributed by atoms with Gasteiger partial charge in [0.1, 0.15) is 6.10 Å². The van der Waals surface area contributed by atoms with Gasteiger partial charge in [0.2, 0.25) is 0 Å². The molecule has 0 heterocycles. The van der Waals surface area contributed by atoms with Crippen molar-refractivity contribution in [3.8, 4) is 0 Å². The number of benzene rings is 1. The number of rotatable bonds is 6. The molecule has 0 aromatic heterocycles. The van der Waals surface area contributed by atoms with E-state index in [1.165, 1.54) is 0 Å². The lowest BCUT2D eigenvalue weighted by Crippen LogP contribution is -2.21. The fourth-order valence-corrected chi connectivity index (χ4v) is 1.32. The number of hydrogen-bond donors (Lipinski definition) is 0. The lowest BCUT2D eigenvalue weighted by atomic mass is 10.1. The highest BCUT2D eigenvalue weighted by atomic mass is 16.5. The van der Waals surface area contributed by atoms with Gasteiger partial charge in [-0.15, -0.1) is 0 Å².